The lowest BCUT2D eigenvalue weighted by atomic mass is 10.2. The number of tetrazole rings is 1. The molecule has 2 aromatic rings. The summed E-state index contributed by atoms with van der Waals surface area (Å²) in [6.07, 6.45) is 1.49. The molecule has 0 bridgehead atoms. The van der Waals surface area contributed by atoms with Crippen molar-refractivity contribution in [1.29, 1.82) is 0 Å². The van der Waals surface area contributed by atoms with Crippen molar-refractivity contribution in [3.8, 4) is 5.69 Å². The minimum Gasteiger partial charge on any atom is -0.392 e. The summed E-state index contributed by atoms with van der Waals surface area (Å²) in [5.74, 6) is -0.142. The first-order valence-electron chi connectivity index (χ1n) is 6.28. The number of nitrogens with one attached hydrogen (secondary N) is 2. The normalized spacial score (nSPS) is 21.9. The Hall–Kier alpha value is -2.32. The second kappa shape index (κ2) is 5.35. The number of carbonyl (C=O) groups excluding carboxylic acids is 1. The predicted octanol–water partition coefficient (Wildman–Crippen LogP) is -0.676. The van der Waals surface area contributed by atoms with Crippen molar-refractivity contribution in [3.63, 3.8) is 0 Å². The molecule has 1 aromatic heterocycles. The van der Waals surface area contributed by atoms with Crippen molar-refractivity contribution in [2.75, 3.05) is 11.9 Å². The van der Waals surface area contributed by atoms with Gasteiger partial charge >= 0.3 is 0 Å². The third-order valence-corrected chi connectivity index (χ3v) is 3.17. The lowest BCUT2D eigenvalue weighted by molar-refractivity contribution is -0.117. The maximum absolute atomic E-state index is 12.0. The zero-order valence-electron chi connectivity index (χ0n) is 10.6. The second-order valence-electron chi connectivity index (χ2n) is 4.64. The zero-order chi connectivity index (χ0) is 13.9. The number of aliphatic hydroxyl groups is 1. The number of rotatable bonds is 3. The number of hydrogen-bond acceptors (Lipinski definition) is 6. The van der Waals surface area contributed by atoms with Crippen molar-refractivity contribution >= 4 is 11.6 Å². The predicted molar refractivity (Wildman–Crippen MR) is 70.2 cm³/mol. The Kier molecular flexibility index (Phi) is 3.40. The van der Waals surface area contributed by atoms with Gasteiger partial charge in [0.05, 0.1) is 17.8 Å². The van der Waals surface area contributed by atoms with Gasteiger partial charge in [-0.25, -0.2) is 4.68 Å². The Balaban J connectivity index is 1.65. The first-order valence-corrected chi connectivity index (χ1v) is 6.28. The van der Waals surface area contributed by atoms with Crippen LogP contribution in [0.25, 0.3) is 5.69 Å². The van der Waals surface area contributed by atoms with E-state index in [1.165, 1.54) is 11.0 Å². The highest BCUT2D eigenvalue weighted by atomic mass is 16.3. The molecule has 2 heterocycles. The molecule has 1 aromatic carbocycles. The first-order chi connectivity index (χ1) is 9.72. The summed E-state index contributed by atoms with van der Waals surface area (Å²) < 4.78 is 1.53. The molecule has 8 heteroatoms. The quantitative estimate of drug-likeness (QED) is 0.685. The van der Waals surface area contributed by atoms with Gasteiger partial charge in [-0.05, 0) is 41.1 Å². The minimum absolute atomic E-state index is 0.142. The number of amides is 1. The largest absolute Gasteiger partial charge is 0.392 e. The number of aliphatic hydroxyl groups excluding tert-OH is 1. The van der Waals surface area contributed by atoms with E-state index in [-0.39, 0.29) is 11.9 Å². The van der Waals surface area contributed by atoms with Crippen LogP contribution in [0.2, 0.25) is 0 Å². The summed E-state index contributed by atoms with van der Waals surface area (Å²) in [4.78, 5) is 12.0. The smallest absolute Gasteiger partial charge is 0.241 e. The highest BCUT2D eigenvalue weighted by Gasteiger charge is 2.27. The Morgan fingerprint density at radius 3 is 2.80 bits per heavy atom. The molecule has 3 N–H and O–H groups in total. The fourth-order valence-electron chi connectivity index (χ4n) is 2.12. The van der Waals surface area contributed by atoms with Crippen LogP contribution in [0.4, 0.5) is 5.69 Å². The van der Waals surface area contributed by atoms with Crippen molar-refractivity contribution in [3.05, 3.63) is 30.6 Å². The second-order valence-corrected chi connectivity index (χ2v) is 4.64. The molecule has 0 saturated carbocycles. The molecule has 0 radical (unpaired) electrons. The number of aromatic nitrogens is 4. The van der Waals surface area contributed by atoms with Gasteiger partial charge in [0, 0.05) is 12.2 Å². The Morgan fingerprint density at radius 1 is 1.40 bits per heavy atom. The van der Waals surface area contributed by atoms with Gasteiger partial charge in [-0.15, -0.1) is 5.10 Å². The maximum Gasteiger partial charge on any atom is 0.241 e. The third-order valence-electron chi connectivity index (χ3n) is 3.17. The molecule has 3 rings (SSSR count). The van der Waals surface area contributed by atoms with Crippen molar-refractivity contribution in [1.82, 2.24) is 25.5 Å². The maximum atomic E-state index is 12.0. The van der Waals surface area contributed by atoms with E-state index in [2.05, 4.69) is 26.2 Å². The zero-order valence-corrected chi connectivity index (χ0v) is 10.6. The molecule has 2 unspecified atom stereocenters. The molecule has 1 fully saturated rings. The molecule has 8 nitrogen and oxygen atoms in total. The molecule has 20 heavy (non-hydrogen) atoms. The first kappa shape index (κ1) is 12.7. The van der Waals surface area contributed by atoms with Gasteiger partial charge in [0.2, 0.25) is 5.91 Å². The van der Waals surface area contributed by atoms with Gasteiger partial charge in [0.25, 0.3) is 0 Å². The van der Waals surface area contributed by atoms with Crippen LogP contribution in [-0.4, -0.2) is 49.9 Å². The van der Waals surface area contributed by atoms with Crippen LogP contribution in [0.1, 0.15) is 6.42 Å². The van der Waals surface area contributed by atoms with E-state index < -0.39 is 6.10 Å². The van der Waals surface area contributed by atoms with Crippen LogP contribution in [0.3, 0.4) is 0 Å². The number of carbonyl (C=O) groups is 1. The molecule has 104 valence electrons. The Labute approximate surface area is 114 Å². The highest BCUT2D eigenvalue weighted by molar-refractivity contribution is 5.95. The van der Waals surface area contributed by atoms with Gasteiger partial charge in [-0.3, -0.25) is 4.79 Å². The van der Waals surface area contributed by atoms with E-state index in [1.54, 1.807) is 12.1 Å². The summed E-state index contributed by atoms with van der Waals surface area (Å²) >= 11 is 0. The summed E-state index contributed by atoms with van der Waals surface area (Å²) in [6, 6.07) is 6.83. The highest BCUT2D eigenvalue weighted by Crippen LogP contribution is 2.14. The fraction of sp³-hybridized carbons (Fsp3) is 0.333. The lowest BCUT2D eigenvalue weighted by Gasteiger charge is -2.11. The molecule has 1 aliphatic heterocycles. The van der Waals surface area contributed by atoms with Crippen molar-refractivity contribution in [2.24, 2.45) is 0 Å². The van der Waals surface area contributed by atoms with Crippen molar-refractivity contribution < 1.29 is 9.90 Å². The Bertz CT molecular complexity index is 583. The summed E-state index contributed by atoms with van der Waals surface area (Å²) in [5.41, 5.74) is 1.50. The topological polar surface area (TPSA) is 105 Å². The van der Waals surface area contributed by atoms with Gasteiger partial charge in [-0.1, -0.05) is 0 Å². The Morgan fingerprint density at radius 2 is 2.20 bits per heavy atom. The average molecular weight is 274 g/mol. The standard InChI is InChI=1S/C12H14N6O2/c19-10-5-11(13-6-10)12(20)15-8-1-3-9(4-2-8)18-7-14-16-17-18/h1-4,7,10-11,13,19H,5-6H2,(H,15,20). The van der Waals surface area contributed by atoms with E-state index in [1.807, 2.05) is 12.1 Å². The molecule has 2 atom stereocenters. The average Bonchev–Trinajstić information content (AvgIpc) is 3.10. The van der Waals surface area contributed by atoms with E-state index >= 15 is 0 Å². The van der Waals surface area contributed by atoms with Gasteiger partial charge in [0.15, 0.2) is 0 Å². The monoisotopic (exact) mass is 274 g/mol. The molecular formula is C12H14N6O2. The van der Waals surface area contributed by atoms with Crippen LogP contribution in [0.5, 0.6) is 0 Å². The fourth-order valence-corrected chi connectivity index (χ4v) is 2.12. The number of benzene rings is 1. The molecular weight excluding hydrogens is 260 g/mol. The van der Waals surface area contributed by atoms with Gasteiger partial charge in [-0.2, -0.15) is 0 Å². The summed E-state index contributed by atoms with van der Waals surface area (Å²) in [5, 5.41) is 26.1. The minimum atomic E-state index is -0.451. The van der Waals surface area contributed by atoms with Crippen molar-refractivity contribution in [2.45, 2.75) is 18.6 Å². The van der Waals surface area contributed by atoms with Crippen LogP contribution >= 0.6 is 0 Å². The number of hydrogen-bond donors (Lipinski definition) is 3. The SMILES string of the molecule is O=C(Nc1ccc(-n2cnnn2)cc1)C1CC(O)CN1. The molecule has 1 saturated heterocycles. The number of nitrogens with zero attached hydrogens (tertiary/aromatic N) is 4. The summed E-state index contributed by atoms with van der Waals surface area (Å²) in [7, 11) is 0. The van der Waals surface area contributed by atoms with E-state index in [0.717, 1.165) is 5.69 Å². The van der Waals surface area contributed by atoms with Crippen LogP contribution in [0, 0.1) is 0 Å². The van der Waals surface area contributed by atoms with E-state index in [4.69, 9.17) is 0 Å². The lowest BCUT2D eigenvalue weighted by Crippen LogP contribution is -2.35. The van der Waals surface area contributed by atoms with Crippen LogP contribution in [0.15, 0.2) is 30.6 Å². The number of anilines is 1. The van der Waals surface area contributed by atoms with E-state index in [0.29, 0.717) is 18.7 Å². The third kappa shape index (κ3) is 2.65. The van der Waals surface area contributed by atoms with Gasteiger partial charge in [0.1, 0.15) is 6.33 Å². The molecule has 0 aliphatic carbocycles. The van der Waals surface area contributed by atoms with Gasteiger partial charge < -0.3 is 15.7 Å². The van der Waals surface area contributed by atoms with E-state index in [9.17, 15) is 9.90 Å². The summed E-state index contributed by atoms with van der Waals surface area (Å²) in [6.45, 7) is 0.455. The molecule has 1 amide bonds. The molecule has 1 aliphatic rings. The van der Waals surface area contributed by atoms with Crippen LogP contribution in [-0.2, 0) is 4.79 Å². The number of β-amino-alcohol motifs (C(OH)–C–C–N with tert-alkyl or cyclic N) is 1. The van der Waals surface area contributed by atoms with Crippen LogP contribution < -0.4 is 10.6 Å². The molecule has 0 spiro atoms.